The number of methoxy groups -OCH3 is 1. The molecule has 0 atom stereocenters. The Morgan fingerprint density at radius 2 is 2.05 bits per heavy atom. The maximum atomic E-state index is 13.2. The van der Waals surface area contributed by atoms with Crippen LogP contribution in [0.2, 0.25) is 0 Å². The summed E-state index contributed by atoms with van der Waals surface area (Å²) in [6, 6.07) is 12.2. The van der Waals surface area contributed by atoms with Gasteiger partial charge in [0.15, 0.2) is 5.11 Å². The highest BCUT2D eigenvalue weighted by Gasteiger charge is 2.01. The highest BCUT2D eigenvalue weighted by molar-refractivity contribution is 7.80. The Labute approximate surface area is 134 Å². The molecule has 2 N–H and O–H groups in total. The van der Waals surface area contributed by atoms with Crippen LogP contribution in [0.1, 0.15) is 11.1 Å². The summed E-state index contributed by atoms with van der Waals surface area (Å²) < 4.78 is 18.4. The number of thiocarbonyl (C=S) groups is 1. The van der Waals surface area contributed by atoms with Crippen LogP contribution in [0.3, 0.4) is 0 Å². The summed E-state index contributed by atoms with van der Waals surface area (Å²) in [6.45, 7) is 1.69. The first-order valence-corrected chi connectivity index (χ1v) is 7.00. The first-order valence-electron chi connectivity index (χ1n) is 6.59. The molecule has 0 heterocycles. The monoisotopic (exact) mass is 317 g/mol. The fourth-order valence-corrected chi connectivity index (χ4v) is 1.99. The van der Waals surface area contributed by atoms with Crippen molar-refractivity contribution in [2.24, 2.45) is 5.10 Å². The summed E-state index contributed by atoms with van der Waals surface area (Å²) in [4.78, 5) is 0. The molecule has 22 heavy (non-hydrogen) atoms. The minimum absolute atomic E-state index is 0.251. The summed E-state index contributed by atoms with van der Waals surface area (Å²) >= 11 is 5.13. The zero-order valence-electron chi connectivity index (χ0n) is 12.3. The van der Waals surface area contributed by atoms with Gasteiger partial charge in [0.2, 0.25) is 0 Å². The van der Waals surface area contributed by atoms with E-state index in [0.717, 1.165) is 11.3 Å². The number of benzene rings is 2. The fraction of sp³-hybridized carbons (Fsp3) is 0.125. The topological polar surface area (TPSA) is 45.6 Å². The van der Waals surface area contributed by atoms with Crippen LogP contribution < -0.4 is 15.5 Å². The average Bonchev–Trinajstić information content (AvgIpc) is 2.51. The van der Waals surface area contributed by atoms with Gasteiger partial charge in [0.1, 0.15) is 11.6 Å². The molecule has 114 valence electrons. The SMILES string of the molecule is COc1ccccc1/C=N/NC(=S)Nc1ccc(F)c(C)c1. The number of rotatable bonds is 4. The maximum Gasteiger partial charge on any atom is 0.191 e. The number of aryl methyl sites for hydroxylation is 1. The Morgan fingerprint density at radius 1 is 1.27 bits per heavy atom. The van der Waals surface area contributed by atoms with Gasteiger partial charge in [0.05, 0.1) is 13.3 Å². The summed E-state index contributed by atoms with van der Waals surface area (Å²) in [7, 11) is 1.60. The molecule has 0 aliphatic heterocycles. The van der Waals surface area contributed by atoms with Crippen molar-refractivity contribution in [2.45, 2.75) is 6.92 Å². The van der Waals surface area contributed by atoms with Gasteiger partial charge in [-0.1, -0.05) is 12.1 Å². The zero-order chi connectivity index (χ0) is 15.9. The molecule has 6 heteroatoms. The van der Waals surface area contributed by atoms with Crippen LogP contribution in [0.4, 0.5) is 10.1 Å². The molecule has 2 rings (SSSR count). The predicted octanol–water partition coefficient (Wildman–Crippen LogP) is 3.46. The Bertz CT molecular complexity index is 704. The number of para-hydroxylation sites is 1. The van der Waals surface area contributed by atoms with E-state index in [2.05, 4.69) is 15.8 Å². The number of hydrazone groups is 1. The van der Waals surface area contributed by atoms with Gasteiger partial charge in [-0.15, -0.1) is 0 Å². The number of anilines is 1. The minimum atomic E-state index is -0.251. The quantitative estimate of drug-likeness (QED) is 0.515. The van der Waals surface area contributed by atoms with Gasteiger partial charge in [-0.05, 0) is 55.0 Å². The van der Waals surface area contributed by atoms with Crippen molar-refractivity contribution in [2.75, 3.05) is 12.4 Å². The first-order chi connectivity index (χ1) is 10.6. The lowest BCUT2D eigenvalue weighted by molar-refractivity contribution is 0.414. The van der Waals surface area contributed by atoms with Gasteiger partial charge in [0, 0.05) is 11.3 Å². The molecule has 2 aromatic carbocycles. The van der Waals surface area contributed by atoms with Crippen molar-refractivity contribution >= 4 is 29.2 Å². The van der Waals surface area contributed by atoms with Crippen LogP contribution in [0.25, 0.3) is 0 Å². The van der Waals surface area contributed by atoms with Gasteiger partial charge in [-0.3, -0.25) is 5.43 Å². The Balaban J connectivity index is 1.95. The third-order valence-corrected chi connectivity index (χ3v) is 3.12. The second-order valence-corrected chi connectivity index (χ2v) is 4.94. The third kappa shape index (κ3) is 4.26. The second kappa shape index (κ2) is 7.51. The van der Waals surface area contributed by atoms with Gasteiger partial charge in [-0.25, -0.2) is 4.39 Å². The molecule has 0 aliphatic rings. The van der Waals surface area contributed by atoms with Crippen LogP contribution in [-0.2, 0) is 0 Å². The highest BCUT2D eigenvalue weighted by Crippen LogP contribution is 2.15. The molecule has 0 radical (unpaired) electrons. The second-order valence-electron chi connectivity index (χ2n) is 4.53. The number of ether oxygens (including phenoxy) is 1. The Hall–Kier alpha value is -2.47. The lowest BCUT2D eigenvalue weighted by atomic mass is 10.2. The average molecular weight is 317 g/mol. The number of nitrogens with zero attached hydrogens (tertiary/aromatic N) is 1. The van der Waals surface area contributed by atoms with Gasteiger partial charge in [-0.2, -0.15) is 5.10 Å². The van der Waals surface area contributed by atoms with E-state index < -0.39 is 0 Å². The molecular weight excluding hydrogens is 301 g/mol. The fourth-order valence-electron chi connectivity index (χ4n) is 1.82. The van der Waals surface area contributed by atoms with Gasteiger partial charge < -0.3 is 10.1 Å². The molecular formula is C16H16FN3OS. The molecule has 0 spiro atoms. The predicted molar refractivity (Wildman–Crippen MR) is 91.1 cm³/mol. The maximum absolute atomic E-state index is 13.2. The van der Waals surface area contributed by atoms with E-state index in [4.69, 9.17) is 17.0 Å². The molecule has 0 saturated carbocycles. The van der Waals surface area contributed by atoms with Crippen molar-refractivity contribution in [1.82, 2.24) is 5.43 Å². The lowest BCUT2D eigenvalue weighted by Gasteiger charge is -2.08. The van der Waals surface area contributed by atoms with Crippen molar-refractivity contribution < 1.29 is 9.13 Å². The van der Waals surface area contributed by atoms with E-state index in [0.29, 0.717) is 16.4 Å². The minimum Gasteiger partial charge on any atom is -0.496 e. The molecule has 4 nitrogen and oxygen atoms in total. The van der Waals surface area contributed by atoms with E-state index in [9.17, 15) is 4.39 Å². The van der Waals surface area contributed by atoms with Crippen LogP contribution in [-0.4, -0.2) is 18.4 Å². The Morgan fingerprint density at radius 3 is 2.77 bits per heavy atom. The standard InChI is InChI=1S/C16H16FN3OS/c1-11-9-13(7-8-14(11)17)19-16(22)20-18-10-12-5-3-4-6-15(12)21-2/h3-10H,1-2H3,(H2,19,20,22)/b18-10+. The highest BCUT2D eigenvalue weighted by atomic mass is 32.1. The summed E-state index contributed by atoms with van der Waals surface area (Å²) in [5.74, 6) is 0.472. The van der Waals surface area contributed by atoms with E-state index in [1.165, 1.54) is 6.07 Å². The van der Waals surface area contributed by atoms with Crippen molar-refractivity contribution in [3.05, 3.63) is 59.4 Å². The summed E-state index contributed by atoms with van der Waals surface area (Å²) in [5, 5.41) is 7.30. The van der Waals surface area contributed by atoms with Crippen molar-refractivity contribution in [3.8, 4) is 5.75 Å². The number of hydrogen-bond donors (Lipinski definition) is 2. The number of nitrogens with one attached hydrogen (secondary N) is 2. The largest absolute Gasteiger partial charge is 0.496 e. The first kappa shape index (κ1) is 15.9. The smallest absolute Gasteiger partial charge is 0.191 e. The molecule has 2 aromatic rings. The molecule has 0 aromatic heterocycles. The van der Waals surface area contributed by atoms with Crippen molar-refractivity contribution in [1.29, 1.82) is 0 Å². The molecule has 0 unspecified atom stereocenters. The van der Waals surface area contributed by atoms with Crippen LogP contribution in [0.5, 0.6) is 5.75 Å². The van der Waals surface area contributed by atoms with Gasteiger partial charge >= 0.3 is 0 Å². The molecule has 0 bridgehead atoms. The summed E-state index contributed by atoms with van der Waals surface area (Å²) in [6.07, 6.45) is 1.61. The van der Waals surface area contributed by atoms with E-state index in [1.54, 1.807) is 32.4 Å². The molecule has 0 aliphatic carbocycles. The van der Waals surface area contributed by atoms with Crippen molar-refractivity contribution in [3.63, 3.8) is 0 Å². The normalized spacial score (nSPS) is 10.5. The zero-order valence-corrected chi connectivity index (χ0v) is 13.1. The lowest BCUT2D eigenvalue weighted by Crippen LogP contribution is -2.23. The van der Waals surface area contributed by atoms with Crippen LogP contribution in [0.15, 0.2) is 47.6 Å². The number of halogens is 1. The van der Waals surface area contributed by atoms with E-state index in [1.807, 2.05) is 24.3 Å². The van der Waals surface area contributed by atoms with E-state index in [-0.39, 0.29) is 5.82 Å². The molecule has 0 saturated heterocycles. The van der Waals surface area contributed by atoms with Gasteiger partial charge in [0.25, 0.3) is 0 Å². The van der Waals surface area contributed by atoms with Crippen LogP contribution in [0, 0.1) is 12.7 Å². The number of hydrogen-bond acceptors (Lipinski definition) is 3. The van der Waals surface area contributed by atoms with E-state index >= 15 is 0 Å². The Kier molecular flexibility index (Phi) is 5.43. The molecule has 0 amide bonds. The van der Waals surface area contributed by atoms with Crippen LogP contribution >= 0.6 is 12.2 Å². The molecule has 0 fully saturated rings. The summed E-state index contributed by atoms with van der Waals surface area (Å²) in [5.41, 5.74) is 4.78. The third-order valence-electron chi connectivity index (χ3n) is 2.92.